The Kier molecular flexibility index (Phi) is 5.51. The molecule has 0 spiro atoms. The van der Waals surface area contributed by atoms with Gasteiger partial charge in [0.15, 0.2) is 0 Å². The number of carboxylic acids is 1. The fourth-order valence-electron chi connectivity index (χ4n) is 1.36. The van der Waals surface area contributed by atoms with Crippen molar-refractivity contribution < 1.29 is 9.90 Å². The van der Waals surface area contributed by atoms with E-state index >= 15 is 0 Å². The van der Waals surface area contributed by atoms with Gasteiger partial charge in [-0.05, 0) is 20.2 Å². The normalized spacial score (nSPS) is 11.1. The van der Waals surface area contributed by atoms with Crippen LogP contribution >= 0.6 is 0 Å². The van der Waals surface area contributed by atoms with Crippen LogP contribution in [0.5, 0.6) is 0 Å². The molecule has 6 nitrogen and oxygen atoms in total. The molecule has 17 heavy (non-hydrogen) atoms. The van der Waals surface area contributed by atoms with Gasteiger partial charge >= 0.3 is 5.97 Å². The van der Waals surface area contributed by atoms with E-state index in [1.807, 2.05) is 23.9 Å². The molecule has 0 amide bonds. The van der Waals surface area contributed by atoms with Crippen LogP contribution in [-0.2, 0) is 11.3 Å². The van der Waals surface area contributed by atoms with Crippen LogP contribution in [0.1, 0.15) is 5.82 Å². The van der Waals surface area contributed by atoms with Gasteiger partial charge in [0.1, 0.15) is 5.82 Å². The van der Waals surface area contributed by atoms with Crippen LogP contribution in [0.15, 0.2) is 18.5 Å². The number of hydrogen-bond acceptors (Lipinski definition) is 5. The maximum atomic E-state index is 10.7. The third-order valence-electron chi connectivity index (χ3n) is 2.21. The molecule has 0 radical (unpaired) electrons. The number of aliphatic carboxylic acids is 1. The minimum absolute atomic E-state index is 0.00605. The van der Waals surface area contributed by atoms with Gasteiger partial charge in [-0.2, -0.15) is 0 Å². The lowest BCUT2D eigenvalue weighted by Crippen LogP contribution is -2.35. The molecule has 1 rings (SSSR count). The van der Waals surface area contributed by atoms with Crippen molar-refractivity contribution >= 4 is 5.97 Å². The fraction of sp³-hybridized carbons (Fsp3) is 0.545. The first-order valence-electron chi connectivity index (χ1n) is 5.42. The molecular formula is C11H18N4O2. The second kappa shape index (κ2) is 6.93. The highest BCUT2D eigenvalue weighted by atomic mass is 16.4. The number of rotatable bonds is 7. The first kappa shape index (κ1) is 13.5. The van der Waals surface area contributed by atoms with Gasteiger partial charge in [-0.15, -0.1) is 0 Å². The van der Waals surface area contributed by atoms with Crippen LogP contribution < -0.4 is 0 Å². The van der Waals surface area contributed by atoms with E-state index in [1.165, 1.54) is 0 Å². The van der Waals surface area contributed by atoms with E-state index in [9.17, 15) is 4.79 Å². The molecule has 1 heterocycles. The molecule has 6 heteroatoms. The zero-order chi connectivity index (χ0) is 12.7. The Morgan fingerprint density at radius 1 is 1.29 bits per heavy atom. The summed E-state index contributed by atoms with van der Waals surface area (Å²) in [6.45, 7) is 1.95. The first-order chi connectivity index (χ1) is 8.08. The average Bonchev–Trinajstić information content (AvgIpc) is 2.26. The highest BCUT2D eigenvalue weighted by Gasteiger charge is 2.11. The first-order valence-corrected chi connectivity index (χ1v) is 5.42. The predicted molar refractivity (Wildman–Crippen MR) is 63.5 cm³/mol. The van der Waals surface area contributed by atoms with Gasteiger partial charge in [0.2, 0.25) is 0 Å². The van der Waals surface area contributed by atoms with Crippen molar-refractivity contribution in [1.82, 2.24) is 19.8 Å². The minimum atomic E-state index is -0.834. The molecule has 0 fully saturated rings. The zero-order valence-corrected chi connectivity index (χ0v) is 10.2. The van der Waals surface area contributed by atoms with Gasteiger partial charge in [0, 0.05) is 25.5 Å². The standard InChI is InChI=1S/C11H18N4O2/c1-14(2)6-7-15(9-11(16)17)8-10-12-4-3-5-13-10/h3-5H,6-9H2,1-2H3,(H,16,17). The molecule has 1 aromatic heterocycles. The van der Waals surface area contributed by atoms with Crippen LogP contribution in [0, 0.1) is 0 Å². The molecule has 0 unspecified atom stereocenters. The Hall–Kier alpha value is -1.53. The summed E-state index contributed by atoms with van der Waals surface area (Å²) in [5.74, 6) is -0.188. The molecule has 0 aliphatic carbocycles. The van der Waals surface area contributed by atoms with Crippen LogP contribution in [0.4, 0.5) is 0 Å². The third-order valence-corrected chi connectivity index (χ3v) is 2.21. The molecule has 1 aromatic rings. The van der Waals surface area contributed by atoms with E-state index in [0.717, 1.165) is 6.54 Å². The molecule has 1 N–H and O–H groups in total. The topological polar surface area (TPSA) is 69.6 Å². The van der Waals surface area contributed by atoms with Crippen LogP contribution in [0.2, 0.25) is 0 Å². The molecule has 0 saturated heterocycles. The second-order valence-electron chi connectivity index (χ2n) is 4.07. The Bertz CT molecular complexity index is 343. The summed E-state index contributed by atoms with van der Waals surface area (Å²) < 4.78 is 0. The molecule has 0 saturated carbocycles. The maximum Gasteiger partial charge on any atom is 0.317 e. The summed E-state index contributed by atoms with van der Waals surface area (Å²) in [6.07, 6.45) is 3.32. The van der Waals surface area contributed by atoms with Gasteiger partial charge in [-0.3, -0.25) is 9.69 Å². The number of aromatic nitrogens is 2. The summed E-state index contributed by atoms with van der Waals surface area (Å²) in [5.41, 5.74) is 0. The van der Waals surface area contributed by atoms with Gasteiger partial charge in [0.25, 0.3) is 0 Å². The SMILES string of the molecule is CN(C)CCN(CC(=O)O)Cc1ncccn1. The molecule has 0 aromatic carbocycles. The van der Waals surface area contributed by atoms with Crippen molar-refractivity contribution in [3.63, 3.8) is 0 Å². The highest BCUT2D eigenvalue weighted by molar-refractivity contribution is 5.69. The third kappa shape index (κ3) is 5.94. The largest absolute Gasteiger partial charge is 0.480 e. The van der Waals surface area contributed by atoms with E-state index in [-0.39, 0.29) is 6.54 Å². The van der Waals surface area contributed by atoms with Gasteiger partial charge < -0.3 is 10.0 Å². The van der Waals surface area contributed by atoms with E-state index in [2.05, 4.69) is 9.97 Å². The van der Waals surface area contributed by atoms with Gasteiger partial charge in [-0.1, -0.05) is 0 Å². The van der Waals surface area contributed by atoms with Gasteiger partial charge in [-0.25, -0.2) is 9.97 Å². The van der Waals surface area contributed by atoms with Crippen LogP contribution in [0.25, 0.3) is 0 Å². The highest BCUT2D eigenvalue weighted by Crippen LogP contribution is 1.98. The second-order valence-corrected chi connectivity index (χ2v) is 4.07. The predicted octanol–water partition coefficient (Wildman–Crippen LogP) is -0.0752. The summed E-state index contributed by atoms with van der Waals surface area (Å²) in [5, 5.41) is 8.83. The fourth-order valence-corrected chi connectivity index (χ4v) is 1.36. The van der Waals surface area contributed by atoms with Gasteiger partial charge in [0.05, 0.1) is 13.1 Å². The molecule has 0 atom stereocenters. The Morgan fingerprint density at radius 3 is 2.47 bits per heavy atom. The number of carbonyl (C=O) groups is 1. The molecule has 0 bridgehead atoms. The summed E-state index contributed by atoms with van der Waals surface area (Å²) in [7, 11) is 3.91. The van der Waals surface area contributed by atoms with Crippen molar-refractivity contribution in [2.45, 2.75) is 6.54 Å². The Morgan fingerprint density at radius 2 is 1.94 bits per heavy atom. The van der Waals surface area contributed by atoms with Crippen LogP contribution in [-0.4, -0.2) is 64.6 Å². The quantitative estimate of drug-likeness (QED) is 0.717. The molecular weight excluding hydrogens is 220 g/mol. The molecule has 0 aliphatic heterocycles. The summed E-state index contributed by atoms with van der Waals surface area (Å²) >= 11 is 0. The van der Waals surface area contributed by atoms with E-state index in [0.29, 0.717) is 18.9 Å². The monoisotopic (exact) mass is 238 g/mol. The van der Waals surface area contributed by atoms with Crippen molar-refractivity contribution in [2.24, 2.45) is 0 Å². The summed E-state index contributed by atoms with van der Waals surface area (Å²) in [4.78, 5) is 22.8. The lowest BCUT2D eigenvalue weighted by molar-refractivity contribution is -0.138. The average molecular weight is 238 g/mol. The van der Waals surface area contributed by atoms with E-state index in [4.69, 9.17) is 5.11 Å². The number of carboxylic acid groups (broad SMARTS) is 1. The van der Waals surface area contributed by atoms with Crippen LogP contribution in [0.3, 0.4) is 0 Å². The maximum absolute atomic E-state index is 10.7. The van der Waals surface area contributed by atoms with Crippen molar-refractivity contribution in [2.75, 3.05) is 33.7 Å². The molecule has 0 aliphatic rings. The Balaban J connectivity index is 2.54. The lowest BCUT2D eigenvalue weighted by atomic mass is 10.4. The Labute approximate surface area is 101 Å². The van der Waals surface area contributed by atoms with Crippen molar-refractivity contribution in [1.29, 1.82) is 0 Å². The van der Waals surface area contributed by atoms with Crippen molar-refractivity contribution in [3.05, 3.63) is 24.3 Å². The number of nitrogens with zero attached hydrogens (tertiary/aromatic N) is 4. The van der Waals surface area contributed by atoms with E-state index in [1.54, 1.807) is 18.5 Å². The number of hydrogen-bond donors (Lipinski definition) is 1. The summed E-state index contributed by atoms with van der Waals surface area (Å²) in [6, 6.07) is 1.74. The zero-order valence-electron chi connectivity index (χ0n) is 10.2. The smallest absolute Gasteiger partial charge is 0.317 e. The van der Waals surface area contributed by atoms with E-state index < -0.39 is 5.97 Å². The minimum Gasteiger partial charge on any atom is -0.480 e. The lowest BCUT2D eigenvalue weighted by Gasteiger charge is -2.21. The molecule has 94 valence electrons. The van der Waals surface area contributed by atoms with Crippen molar-refractivity contribution in [3.8, 4) is 0 Å². The number of likely N-dealkylation sites (N-methyl/N-ethyl adjacent to an activating group) is 1.